The summed E-state index contributed by atoms with van der Waals surface area (Å²) in [5, 5.41) is 6.88. The molecule has 0 aromatic heterocycles. The standard InChI is InChI=1S/C15H22ClN3OS/c1-12(21-14-5-3-2-4-13(14)16)15(20)18-8-11-19-9-6-17-7-10-19/h2-5,12,17H,6-11H2,1H3,(H,18,20). The van der Waals surface area contributed by atoms with Crippen molar-refractivity contribution in [1.82, 2.24) is 15.5 Å². The first-order chi connectivity index (χ1) is 10.2. The topological polar surface area (TPSA) is 44.4 Å². The van der Waals surface area contributed by atoms with Gasteiger partial charge in [-0.25, -0.2) is 0 Å². The van der Waals surface area contributed by atoms with Crippen molar-refractivity contribution in [3.8, 4) is 0 Å². The van der Waals surface area contributed by atoms with Crippen LogP contribution in [0.2, 0.25) is 5.02 Å². The lowest BCUT2D eigenvalue weighted by atomic mass is 10.3. The van der Waals surface area contributed by atoms with Crippen LogP contribution in [0.4, 0.5) is 0 Å². The first kappa shape index (κ1) is 16.6. The quantitative estimate of drug-likeness (QED) is 0.783. The maximum absolute atomic E-state index is 12.1. The highest BCUT2D eigenvalue weighted by Gasteiger charge is 2.16. The summed E-state index contributed by atoms with van der Waals surface area (Å²) in [5.41, 5.74) is 0. The monoisotopic (exact) mass is 327 g/mol. The maximum atomic E-state index is 12.1. The van der Waals surface area contributed by atoms with Crippen molar-refractivity contribution >= 4 is 29.3 Å². The molecule has 116 valence electrons. The minimum absolute atomic E-state index is 0.0649. The molecule has 2 N–H and O–H groups in total. The molecule has 1 aliphatic rings. The fourth-order valence-corrected chi connectivity index (χ4v) is 3.38. The van der Waals surface area contributed by atoms with E-state index in [9.17, 15) is 4.79 Å². The largest absolute Gasteiger partial charge is 0.354 e. The molecule has 2 rings (SSSR count). The van der Waals surface area contributed by atoms with Crippen molar-refractivity contribution in [1.29, 1.82) is 0 Å². The van der Waals surface area contributed by atoms with Gasteiger partial charge in [0.2, 0.25) is 5.91 Å². The Hall–Kier alpha value is -0.750. The number of nitrogens with one attached hydrogen (secondary N) is 2. The number of hydrogen-bond donors (Lipinski definition) is 2. The summed E-state index contributed by atoms with van der Waals surface area (Å²) in [4.78, 5) is 15.4. The molecule has 1 saturated heterocycles. The minimum atomic E-state index is -0.145. The highest BCUT2D eigenvalue weighted by Crippen LogP contribution is 2.29. The van der Waals surface area contributed by atoms with E-state index >= 15 is 0 Å². The lowest BCUT2D eigenvalue weighted by molar-refractivity contribution is -0.120. The van der Waals surface area contributed by atoms with E-state index in [0.717, 1.165) is 37.6 Å². The third-order valence-corrected chi connectivity index (χ3v) is 5.07. The zero-order valence-electron chi connectivity index (χ0n) is 12.3. The second-order valence-corrected chi connectivity index (χ2v) is 6.86. The Morgan fingerprint density at radius 2 is 2.14 bits per heavy atom. The van der Waals surface area contributed by atoms with Gasteiger partial charge in [0.05, 0.1) is 10.3 Å². The minimum Gasteiger partial charge on any atom is -0.354 e. The molecule has 0 spiro atoms. The summed E-state index contributed by atoms with van der Waals surface area (Å²) in [6.07, 6.45) is 0. The molecule has 1 unspecified atom stereocenters. The van der Waals surface area contributed by atoms with Gasteiger partial charge in [0.1, 0.15) is 0 Å². The predicted octanol–water partition coefficient (Wildman–Crippen LogP) is 1.84. The third-order valence-electron chi connectivity index (χ3n) is 3.45. The molecule has 0 radical (unpaired) electrons. The van der Waals surface area contributed by atoms with E-state index in [4.69, 9.17) is 11.6 Å². The summed E-state index contributed by atoms with van der Waals surface area (Å²) in [6.45, 7) is 7.70. The maximum Gasteiger partial charge on any atom is 0.233 e. The number of nitrogens with zero attached hydrogens (tertiary/aromatic N) is 1. The second-order valence-electron chi connectivity index (χ2n) is 5.07. The predicted molar refractivity (Wildman–Crippen MR) is 89.1 cm³/mol. The number of hydrogen-bond acceptors (Lipinski definition) is 4. The number of carbonyl (C=O) groups is 1. The van der Waals surface area contributed by atoms with Gasteiger partial charge in [0, 0.05) is 44.2 Å². The number of thioether (sulfide) groups is 1. The van der Waals surface area contributed by atoms with Crippen molar-refractivity contribution < 1.29 is 4.79 Å². The van der Waals surface area contributed by atoms with E-state index in [0.29, 0.717) is 11.6 Å². The van der Waals surface area contributed by atoms with Crippen LogP contribution in [0.5, 0.6) is 0 Å². The molecule has 1 aromatic rings. The Kier molecular flexibility index (Phi) is 6.83. The zero-order valence-corrected chi connectivity index (χ0v) is 13.8. The third kappa shape index (κ3) is 5.51. The van der Waals surface area contributed by atoms with Crippen molar-refractivity contribution in [3.05, 3.63) is 29.3 Å². The molecular weight excluding hydrogens is 306 g/mol. The van der Waals surface area contributed by atoms with Crippen LogP contribution in [0.25, 0.3) is 0 Å². The van der Waals surface area contributed by atoms with Crippen molar-refractivity contribution in [2.45, 2.75) is 17.1 Å². The number of piperazine rings is 1. The molecule has 1 aliphatic heterocycles. The molecular formula is C15H22ClN3OS. The van der Waals surface area contributed by atoms with Gasteiger partial charge in [-0.05, 0) is 19.1 Å². The summed E-state index contributed by atoms with van der Waals surface area (Å²) >= 11 is 7.61. The van der Waals surface area contributed by atoms with Crippen molar-refractivity contribution in [2.24, 2.45) is 0 Å². The van der Waals surface area contributed by atoms with Crippen LogP contribution < -0.4 is 10.6 Å². The van der Waals surface area contributed by atoms with E-state index in [1.807, 2.05) is 31.2 Å². The molecule has 4 nitrogen and oxygen atoms in total. The fraction of sp³-hybridized carbons (Fsp3) is 0.533. The van der Waals surface area contributed by atoms with Gasteiger partial charge in [0.25, 0.3) is 0 Å². The van der Waals surface area contributed by atoms with Crippen molar-refractivity contribution in [2.75, 3.05) is 39.3 Å². The SMILES string of the molecule is CC(Sc1ccccc1Cl)C(=O)NCCN1CCNCC1. The molecule has 1 fully saturated rings. The van der Waals surface area contributed by atoms with Gasteiger partial charge in [-0.2, -0.15) is 0 Å². The second kappa shape index (κ2) is 8.63. The average molecular weight is 328 g/mol. The number of amides is 1. The molecule has 0 bridgehead atoms. The Balaban J connectivity index is 1.71. The lowest BCUT2D eigenvalue weighted by Gasteiger charge is -2.27. The number of halogens is 1. The van der Waals surface area contributed by atoms with Crippen LogP contribution in [-0.2, 0) is 4.79 Å². The summed E-state index contributed by atoms with van der Waals surface area (Å²) in [5.74, 6) is 0.0649. The van der Waals surface area contributed by atoms with Gasteiger partial charge in [0.15, 0.2) is 0 Å². The molecule has 21 heavy (non-hydrogen) atoms. The van der Waals surface area contributed by atoms with Gasteiger partial charge in [-0.1, -0.05) is 23.7 Å². The normalized spacial score (nSPS) is 17.4. The van der Waals surface area contributed by atoms with E-state index in [2.05, 4.69) is 15.5 Å². The van der Waals surface area contributed by atoms with E-state index in [-0.39, 0.29) is 11.2 Å². The summed E-state index contributed by atoms with van der Waals surface area (Å²) in [6, 6.07) is 7.62. The van der Waals surface area contributed by atoms with Crippen LogP contribution in [0, 0.1) is 0 Å². The van der Waals surface area contributed by atoms with Crippen LogP contribution in [-0.4, -0.2) is 55.3 Å². The number of rotatable bonds is 6. The first-order valence-electron chi connectivity index (χ1n) is 7.29. The lowest BCUT2D eigenvalue weighted by Crippen LogP contribution is -2.46. The van der Waals surface area contributed by atoms with Gasteiger partial charge in [-0.15, -0.1) is 11.8 Å². The molecule has 0 saturated carbocycles. The smallest absolute Gasteiger partial charge is 0.233 e. The molecule has 1 atom stereocenters. The summed E-state index contributed by atoms with van der Waals surface area (Å²) in [7, 11) is 0. The van der Waals surface area contributed by atoms with Crippen LogP contribution >= 0.6 is 23.4 Å². The van der Waals surface area contributed by atoms with Crippen molar-refractivity contribution in [3.63, 3.8) is 0 Å². The van der Waals surface area contributed by atoms with E-state index in [1.165, 1.54) is 11.8 Å². The van der Waals surface area contributed by atoms with Gasteiger partial charge < -0.3 is 10.6 Å². The highest BCUT2D eigenvalue weighted by atomic mass is 35.5. The zero-order chi connectivity index (χ0) is 15.1. The molecule has 0 aliphatic carbocycles. The van der Waals surface area contributed by atoms with Gasteiger partial charge >= 0.3 is 0 Å². The Labute approximate surface area is 135 Å². The number of benzene rings is 1. The molecule has 6 heteroatoms. The Bertz CT molecular complexity index is 466. The molecule has 1 aromatic carbocycles. The van der Waals surface area contributed by atoms with E-state index in [1.54, 1.807) is 0 Å². The van der Waals surface area contributed by atoms with Gasteiger partial charge in [-0.3, -0.25) is 9.69 Å². The van der Waals surface area contributed by atoms with Crippen LogP contribution in [0.3, 0.4) is 0 Å². The highest BCUT2D eigenvalue weighted by molar-refractivity contribution is 8.00. The first-order valence-corrected chi connectivity index (χ1v) is 8.54. The van der Waals surface area contributed by atoms with E-state index < -0.39 is 0 Å². The molecule has 1 heterocycles. The average Bonchev–Trinajstić information content (AvgIpc) is 2.50. The van der Waals surface area contributed by atoms with Crippen LogP contribution in [0.1, 0.15) is 6.92 Å². The Morgan fingerprint density at radius 1 is 1.43 bits per heavy atom. The molecule has 1 amide bonds. The summed E-state index contributed by atoms with van der Waals surface area (Å²) < 4.78 is 0. The van der Waals surface area contributed by atoms with Crippen LogP contribution in [0.15, 0.2) is 29.2 Å². The number of carbonyl (C=O) groups excluding carboxylic acids is 1. The Morgan fingerprint density at radius 3 is 2.86 bits per heavy atom. The fourth-order valence-electron chi connectivity index (χ4n) is 2.20.